The lowest BCUT2D eigenvalue weighted by molar-refractivity contribution is 0.0697. The van der Waals surface area contributed by atoms with E-state index in [9.17, 15) is 4.79 Å². The Labute approximate surface area is 109 Å². The van der Waals surface area contributed by atoms with E-state index in [1.165, 1.54) is 12.3 Å². The first-order valence-corrected chi connectivity index (χ1v) is 6.09. The van der Waals surface area contributed by atoms with Gasteiger partial charge in [-0.3, -0.25) is 0 Å². The molecule has 2 rings (SSSR count). The monoisotopic (exact) mass is 314 g/mol. The fourth-order valence-electron chi connectivity index (χ4n) is 1.15. The van der Waals surface area contributed by atoms with E-state index in [0.717, 1.165) is 11.5 Å². The van der Waals surface area contributed by atoms with Crippen LogP contribution in [0.5, 0.6) is 0 Å². The van der Waals surface area contributed by atoms with Crippen LogP contribution in [0.1, 0.15) is 16.2 Å². The van der Waals surface area contributed by atoms with Crippen LogP contribution in [0.25, 0.3) is 0 Å². The molecule has 8 heteroatoms. The maximum absolute atomic E-state index is 11.0. The number of carboxylic acid groups (broad SMARTS) is 1. The number of anilines is 2. The van der Waals surface area contributed by atoms with Gasteiger partial charge in [0.15, 0.2) is 0 Å². The number of carbonyl (C=O) groups is 1. The van der Waals surface area contributed by atoms with Crippen molar-refractivity contribution in [1.82, 2.24) is 14.3 Å². The summed E-state index contributed by atoms with van der Waals surface area (Å²) in [4.78, 5) is 19.1. The molecule has 2 aromatic rings. The van der Waals surface area contributed by atoms with Gasteiger partial charge in [-0.15, -0.1) is 0 Å². The quantitative estimate of drug-likeness (QED) is 0.904. The molecular weight excluding hydrogens is 308 g/mol. The average molecular weight is 315 g/mol. The van der Waals surface area contributed by atoms with E-state index in [1.54, 1.807) is 6.92 Å². The van der Waals surface area contributed by atoms with Crippen molar-refractivity contribution in [2.24, 2.45) is 0 Å². The minimum absolute atomic E-state index is 0.0761. The van der Waals surface area contributed by atoms with E-state index in [0.29, 0.717) is 15.4 Å². The number of hydrogen-bond donors (Lipinski definition) is 2. The van der Waals surface area contributed by atoms with Gasteiger partial charge in [-0.25, -0.2) is 14.8 Å². The molecule has 0 spiro atoms. The van der Waals surface area contributed by atoms with E-state index in [4.69, 9.17) is 5.11 Å². The third-order valence-corrected chi connectivity index (χ3v) is 2.99. The second-order valence-corrected chi connectivity index (χ2v) is 4.79. The Bertz CT molecular complexity index is 572. The highest BCUT2D eigenvalue weighted by Gasteiger charge is 2.13. The van der Waals surface area contributed by atoms with Crippen LogP contribution in [0.4, 0.5) is 10.9 Å². The van der Waals surface area contributed by atoms with Gasteiger partial charge in [0.2, 0.25) is 5.13 Å². The molecule has 2 heterocycles. The molecule has 0 atom stereocenters. The number of nitrogens with zero attached hydrogens (tertiary/aromatic N) is 3. The standard InChI is InChI=1S/C9H7BrN4O2S/c1-4-12-9(17-14-4)13-7-6(8(15)16)2-5(10)3-11-7/h2-3H,1H3,(H,15,16)(H,11,12,13,14). The molecule has 88 valence electrons. The van der Waals surface area contributed by atoms with Crippen molar-refractivity contribution in [3.8, 4) is 0 Å². The SMILES string of the molecule is Cc1nsc(Nc2ncc(Br)cc2C(=O)O)n1. The highest BCUT2D eigenvalue weighted by Crippen LogP contribution is 2.22. The number of halogens is 1. The van der Waals surface area contributed by atoms with Gasteiger partial charge in [0.1, 0.15) is 17.2 Å². The highest BCUT2D eigenvalue weighted by atomic mass is 79.9. The number of nitrogens with one attached hydrogen (secondary N) is 1. The van der Waals surface area contributed by atoms with Crippen LogP contribution in [0, 0.1) is 6.92 Å². The number of aryl methyl sites for hydroxylation is 1. The summed E-state index contributed by atoms with van der Waals surface area (Å²) in [5.41, 5.74) is 0.0761. The van der Waals surface area contributed by atoms with Crippen molar-refractivity contribution < 1.29 is 9.90 Å². The summed E-state index contributed by atoms with van der Waals surface area (Å²) in [7, 11) is 0. The van der Waals surface area contributed by atoms with Crippen LogP contribution in [-0.4, -0.2) is 25.4 Å². The maximum atomic E-state index is 11.0. The number of pyridine rings is 1. The van der Waals surface area contributed by atoms with Gasteiger partial charge >= 0.3 is 5.97 Å². The zero-order valence-electron chi connectivity index (χ0n) is 8.64. The Hall–Kier alpha value is -1.54. The van der Waals surface area contributed by atoms with E-state index in [1.807, 2.05) is 0 Å². The molecule has 0 saturated heterocycles. The van der Waals surface area contributed by atoms with Crippen LogP contribution in [-0.2, 0) is 0 Å². The summed E-state index contributed by atoms with van der Waals surface area (Å²) >= 11 is 4.33. The van der Waals surface area contributed by atoms with Gasteiger partial charge in [-0.2, -0.15) is 4.37 Å². The summed E-state index contributed by atoms with van der Waals surface area (Å²) in [6.07, 6.45) is 1.52. The molecule has 0 bridgehead atoms. The van der Waals surface area contributed by atoms with Crippen LogP contribution >= 0.6 is 27.5 Å². The molecule has 17 heavy (non-hydrogen) atoms. The summed E-state index contributed by atoms with van der Waals surface area (Å²) < 4.78 is 4.59. The number of aromatic nitrogens is 3. The Morgan fingerprint density at radius 3 is 2.94 bits per heavy atom. The van der Waals surface area contributed by atoms with E-state index < -0.39 is 5.97 Å². The van der Waals surface area contributed by atoms with Crippen molar-refractivity contribution in [3.05, 3.63) is 28.1 Å². The zero-order valence-corrected chi connectivity index (χ0v) is 11.0. The first-order chi connectivity index (χ1) is 8.06. The molecule has 0 saturated carbocycles. The van der Waals surface area contributed by atoms with Crippen LogP contribution in [0.3, 0.4) is 0 Å². The number of rotatable bonds is 3. The number of hydrogen-bond acceptors (Lipinski definition) is 6. The summed E-state index contributed by atoms with van der Waals surface area (Å²) in [5.74, 6) is -0.175. The normalized spacial score (nSPS) is 10.2. The fourth-order valence-corrected chi connectivity index (χ4v) is 2.06. The number of aromatic carboxylic acids is 1. The minimum Gasteiger partial charge on any atom is -0.478 e. The molecule has 0 unspecified atom stereocenters. The van der Waals surface area contributed by atoms with Crippen LogP contribution in [0.15, 0.2) is 16.7 Å². The first-order valence-electron chi connectivity index (χ1n) is 4.52. The molecule has 0 fully saturated rings. The Balaban J connectivity index is 2.35. The van der Waals surface area contributed by atoms with Gasteiger partial charge in [0.05, 0.1) is 0 Å². The molecule has 6 nitrogen and oxygen atoms in total. The van der Waals surface area contributed by atoms with Crippen molar-refractivity contribution in [2.45, 2.75) is 6.92 Å². The summed E-state index contributed by atoms with van der Waals surface area (Å²) in [6, 6.07) is 1.48. The summed E-state index contributed by atoms with van der Waals surface area (Å²) in [6.45, 7) is 1.76. The lowest BCUT2D eigenvalue weighted by Crippen LogP contribution is -2.04. The van der Waals surface area contributed by atoms with Crippen molar-refractivity contribution in [3.63, 3.8) is 0 Å². The molecular formula is C9H7BrN4O2S. The Morgan fingerprint density at radius 2 is 2.35 bits per heavy atom. The first kappa shape index (κ1) is 11.9. The molecule has 0 aliphatic heterocycles. The van der Waals surface area contributed by atoms with Crippen molar-refractivity contribution in [2.75, 3.05) is 5.32 Å². The molecule has 2 aromatic heterocycles. The van der Waals surface area contributed by atoms with Crippen LogP contribution < -0.4 is 5.32 Å². The lowest BCUT2D eigenvalue weighted by atomic mass is 10.2. The summed E-state index contributed by atoms with van der Waals surface area (Å²) in [5, 5.41) is 12.4. The molecule has 0 aromatic carbocycles. The Morgan fingerprint density at radius 1 is 1.59 bits per heavy atom. The number of carboxylic acids is 1. The fraction of sp³-hybridized carbons (Fsp3) is 0.111. The van der Waals surface area contributed by atoms with E-state index in [-0.39, 0.29) is 11.4 Å². The largest absolute Gasteiger partial charge is 0.478 e. The van der Waals surface area contributed by atoms with Gasteiger partial charge in [0, 0.05) is 22.2 Å². The molecule has 0 aliphatic carbocycles. The lowest BCUT2D eigenvalue weighted by Gasteiger charge is -2.05. The minimum atomic E-state index is -1.05. The molecule has 0 aliphatic rings. The second kappa shape index (κ2) is 4.76. The highest BCUT2D eigenvalue weighted by molar-refractivity contribution is 9.10. The second-order valence-electron chi connectivity index (χ2n) is 3.13. The van der Waals surface area contributed by atoms with Gasteiger partial charge in [-0.05, 0) is 28.9 Å². The van der Waals surface area contributed by atoms with Crippen molar-refractivity contribution in [1.29, 1.82) is 0 Å². The maximum Gasteiger partial charge on any atom is 0.339 e. The van der Waals surface area contributed by atoms with Gasteiger partial charge < -0.3 is 10.4 Å². The van der Waals surface area contributed by atoms with Crippen LogP contribution in [0.2, 0.25) is 0 Å². The third kappa shape index (κ3) is 2.77. The Kier molecular flexibility index (Phi) is 3.34. The van der Waals surface area contributed by atoms with Gasteiger partial charge in [0.25, 0.3) is 0 Å². The predicted molar refractivity (Wildman–Crippen MR) is 66.8 cm³/mol. The molecule has 0 amide bonds. The van der Waals surface area contributed by atoms with E-state index >= 15 is 0 Å². The zero-order chi connectivity index (χ0) is 12.4. The molecule has 0 radical (unpaired) electrons. The average Bonchev–Trinajstić information content (AvgIpc) is 2.66. The molecule has 2 N–H and O–H groups in total. The topological polar surface area (TPSA) is 88.0 Å². The van der Waals surface area contributed by atoms with Crippen molar-refractivity contribution >= 4 is 44.4 Å². The third-order valence-electron chi connectivity index (χ3n) is 1.84. The smallest absolute Gasteiger partial charge is 0.339 e. The van der Waals surface area contributed by atoms with Gasteiger partial charge in [-0.1, -0.05) is 0 Å². The van der Waals surface area contributed by atoms with E-state index in [2.05, 4.69) is 35.6 Å². The predicted octanol–water partition coefficient (Wildman–Crippen LogP) is 2.45.